The van der Waals surface area contributed by atoms with Gasteiger partial charge in [0, 0.05) is 10.6 Å². The van der Waals surface area contributed by atoms with Crippen LogP contribution in [0.15, 0.2) is 23.7 Å². The van der Waals surface area contributed by atoms with E-state index >= 15 is 0 Å². The van der Waals surface area contributed by atoms with Crippen molar-refractivity contribution in [2.75, 3.05) is 5.32 Å². The second-order valence-corrected chi connectivity index (χ2v) is 4.99. The molecule has 94 valence electrons. The Bertz CT molecular complexity index is 578. The quantitative estimate of drug-likeness (QED) is 0.889. The van der Waals surface area contributed by atoms with Gasteiger partial charge in [-0.15, -0.1) is 11.3 Å². The molecule has 0 unspecified atom stereocenters. The molecule has 1 aromatic carbocycles. The standard InChI is InChI=1S/C13H14N2O2S/c1-8-5-10(13(16)17)3-4-11(8)14-6-12-9(2)15-7-18-12/h3-5,7,14H,6H2,1-2H3,(H,16,17). The largest absolute Gasteiger partial charge is 0.478 e. The molecule has 0 aliphatic rings. The molecule has 0 saturated heterocycles. The Morgan fingerprint density at radius 1 is 1.44 bits per heavy atom. The Labute approximate surface area is 109 Å². The van der Waals surface area contributed by atoms with Crippen molar-refractivity contribution in [3.05, 3.63) is 45.4 Å². The Morgan fingerprint density at radius 3 is 2.78 bits per heavy atom. The van der Waals surface area contributed by atoms with E-state index in [1.807, 2.05) is 19.4 Å². The molecule has 0 aliphatic heterocycles. The van der Waals surface area contributed by atoms with E-state index in [4.69, 9.17) is 5.11 Å². The lowest BCUT2D eigenvalue weighted by atomic mass is 10.1. The minimum atomic E-state index is -0.900. The summed E-state index contributed by atoms with van der Waals surface area (Å²) in [6, 6.07) is 5.08. The van der Waals surface area contributed by atoms with Crippen molar-refractivity contribution in [2.24, 2.45) is 0 Å². The molecule has 2 rings (SSSR count). The zero-order chi connectivity index (χ0) is 13.1. The molecule has 4 nitrogen and oxygen atoms in total. The summed E-state index contributed by atoms with van der Waals surface area (Å²) in [6.45, 7) is 4.59. The van der Waals surface area contributed by atoms with E-state index in [1.54, 1.807) is 29.5 Å². The Morgan fingerprint density at radius 2 is 2.22 bits per heavy atom. The van der Waals surface area contributed by atoms with Crippen molar-refractivity contribution < 1.29 is 9.90 Å². The fraction of sp³-hybridized carbons (Fsp3) is 0.231. The number of nitrogens with one attached hydrogen (secondary N) is 1. The van der Waals surface area contributed by atoms with Crippen LogP contribution in [0.4, 0.5) is 5.69 Å². The van der Waals surface area contributed by atoms with Gasteiger partial charge >= 0.3 is 5.97 Å². The summed E-state index contributed by atoms with van der Waals surface area (Å²) in [7, 11) is 0. The molecular formula is C13H14N2O2S. The summed E-state index contributed by atoms with van der Waals surface area (Å²) in [5.74, 6) is -0.900. The maximum atomic E-state index is 10.8. The normalized spacial score (nSPS) is 10.3. The maximum Gasteiger partial charge on any atom is 0.335 e. The summed E-state index contributed by atoms with van der Waals surface area (Å²) in [6.07, 6.45) is 0. The van der Waals surface area contributed by atoms with Crippen molar-refractivity contribution in [2.45, 2.75) is 20.4 Å². The molecule has 0 saturated carbocycles. The first-order valence-electron chi connectivity index (χ1n) is 5.54. The molecular weight excluding hydrogens is 248 g/mol. The van der Waals surface area contributed by atoms with Gasteiger partial charge < -0.3 is 10.4 Å². The number of nitrogens with zero attached hydrogens (tertiary/aromatic N) is 1. The summed E-state index contributed by atoms with van der Waals surface area (Å²) in [5, 5.41) is 12.2. The van der Waals surface area contributed by atoms with Gasteiger partial charge in [0.15, 0.2) is 0 Å². The SMILES string of the molecule is Cc1cc(C(=O)O)ccc1NCc1scnc1C. The molecule has 0 spiro atoms. The lowest BCUT2D eigenvalue weighted by molar-refractivity contribution is 0.0697. The van der Waals surface area contributed by atoms with Gasteiger partial charge in [0.2, 0.25) is 0 Å². The van der Waals surface area contributed by atoms with Crippen molar-refractivity contribution in [3.63, 3.8) is 0 Å². The third-order valence-corrected chi connectivity index (χ3v) is 3.69. The monoisotopic (exact) mass is 262 g/mol. The molecule has 0 bridgehead atoms. The highest BCUT2D eigenvalue weighted by Crippen LogP contribution is 2.19. The molecule has 2 aromatic rings. The number of anilines is 1. The second-order valence-electron chi connectivity index (χ2n) is 4.05. The van der Waals surface area contributed by atoms with Crippen LogP contribution in [0, 0.1) is 13.8 Å². The van der Waals surface area contributed by atoms with Crippen molar-refractivity contribution in [1.82, 2.24) is 4.98 Å². The van der Waals surface area contributed by atoms with Gasteiger partial charge in [-0.1, -0.05) is 0 Å². The second kappa shape index (κ2) is 5.18. The summed E-state index contributed by atoms with van der Waals surface area (Å²) in [4.78, 5) is 16.2. The van der Waals surface area contributed by atoms with Crippen LogP contribution in [-0.2, 0) is 6.54 Å². The average Bonchev–Trinajstić information content (AvgIpc) is 2.73. The molecule has 0 aliphatic carbocycles. The van der Waals surface area contributed by atoms with Gasteiger partial charge in [-0.25, -0.2) is 9.78 Å². The van der Waals surface area contributed by atoms with Gasteiger partial charge in [-0.05, 0) is 37.6 Å². The number of carboxylic acids is 1. The number of aryl methyl sites for hydroxylation is 2. The first-order chi connectivity index (χ1) is 8.58. The highest BCUT2D eigenvalue weighted by atomic mass is 32.1. The molecule has 1 aromatic heterocycles. The van der Waals surface area contributed by atoms with E-state index in [2.05, 4.69) is 10.3 Å². The predicted molar refractivity (Wildman–Crippen MR) is 72.3 cm³/mol. The molecule has 1 heterocycles. The predicted octanol–water partition coefficient (Wildman–Crippen LogP) is 3.07. The zero-order valence-electron chi connectivity index (χ0n) is 10.2. The van der Waals surface area contributed by atoms with Gasteiger partial charge in [0.25, 0.3) is 0 Å². The Kier molecular flexibility index (Phi) is 3.62. The number of carbonyl (C=O) groups is 1. The Hall–Kier alpha value is -1.88. The van der Waals surface area contributed by atoms with E-state index in [0.717, 1.165) is 16.9 Å². The van der Waals surface area contributed by atoms with E-state index in [1.165, 1.54) is 4.88 Å². The van der Waals surface area contributed by atoms with E-state index in [-0.39, 0.29) is 0 Å². The third kappa shape index (κ3) is 2.68. The summed E-state index contributed by atoms with van der Waals surface area (Å²) >= 11 is 1.61. The molecule has 2 N–H and O–H groups in total. The van der Waals surface area contributed by atoms with E-state index < -0.39 is 5.97 Å². The smallest absolute Gasteiger partial charge is 0.335 e. The first kappa shape index (κ1) is 12.6. The van der Waals surface area contributed by atoms with Crippen LogP contribution in [0.1, 0.15) is 26.5 Å². The zero-order valence-corrected chi connectivity index (χ0v) is 11.0. The van der Waals surface area contributed by atoms with Gasteiger partial charge in [-0.2, -0.15) is 0 Å². The number of carboxylic acid groups (broad SMARTS) is 1. The highest BCUT2D eigenvalue weighted by molar-refractivity contribution is 7.09. The minimum Gasteiger partial charge on any atom is -0.478 e. The topological polar surface area (TPSA) is 62.2 Å². The average molecular weight is 262 g/mol. The number of aromatic nitrogens is 1. The van der Waals surface area contributed by atoms with Crippen LogP contribution < -0.4 is 5.32 Å². The molecule has 0 atom stereocenters. The molecule has 5 heteroatoms. The first-order valence-corrected chi connectivity index (χ1v) is 6.42. The van der Waals surface area contributed by atoms with Gasteiger partial charge in [0.1, 0.15) is 0 Å². The number of hydrogen-bond donors (Lipinski definition) is 2. The molecule has 18 heavy (non-hydrogen) atoms. The fourth-order valence-electron chi connectivity index (χ4n) is 1.67. The van der Waals surface area contributed by atoms with Crippen LogP contribution in [-0.4, -0.2) is 16.1 Å². The van der Waals surface area contributed by atoms with Crippen LogP contribution in [0.2, 0.25) is 0 Å². The van der Waals surface area contributed by atoms with E-state index in [0.29, 0.717) is 12.1 Å². The number of benzene rings is 1. The lowest BCUT2D eigenvalue weighted by Gasteiger charge is -2.09. The van der Waals surface area contributed by atoms with E-state index in [9.17, 15) is 4.79 Å². The van der Waals surface area contributed by atoms with Crippen molar-refractivity contribution >= 4 is 23.0 Å². The van der Waals surface area contributed by atoms with Crippen molar-refractivity contribution in [1.29, 1.82) is 0 Å². The van der Waals surface area contributed by atoms with Crippen LogP contribution in [0.3, 0.4) is 0 Å². The number of thiazole rings is 1. The molecule has 0 fully saturated rings. The van der Waals surface area contributed by atoms with Crippen LogP contribution in [0.5, 0.6) is 0 Å². The van der Waals surface area contributed by atoms with Crippen LogP contribution in [0.25, 0.3) is 0 Å². The maximum absolute atomic E-state index is 10.8. The van der Waals surface area contributed by atoms with Crippen molar-refractivity contribution in [3.8, 4) is 0 Å². The minimum absolute atomic E-state index is 0.312. The number of aromatic carboxylic acids is 1. The van der Waals surface area contributed by atoms with Crippen LogP contribution >= 0.6 is 11.3 Å². The van der Waals surface area contributed by atoms with Gasteiger partial charge in [-0.3, -0.25) is 0 Å². The lowest BCUT2D eigenvalue weighted by Crippen LogP contribution is -2.03. The third-order valence-electron chi connectivity index (χ3n) is 2.76. The van der Waals surface area contributed by atoms with Gasteiger partial charge in [0.05, 0.1) is 23.3 Å². The Balaban J connectivity index is 2.11. The summed E-state index contributed by atoms with van der Waals surface area (Å²) < 4.78 is 0. The fourth-order valence-corrected chi connectivity index (χ4v) is 2.38. The summed E-state index contributed by atoms with van der Waals surface area (Å²) in [5.41, 5.74) is 5.05. The molecule has 0 radical (unpaired) electrons. The number of hydrogen-bond acceptors (Lipinski definition) is 4. The molecule has 0 amide bonds. The number of rotatable bonds is 4. The highest BCUT2D eigenvalue weighted by Gasteiger charge is 2.06.